The van der Waals surface area contributed by atoms with Gasteiger partial charge < -0.3 is 24.2 Å². The molecule has 0 radical (unpaired) electrons. The molecule has 1 saturated carbocycles. The van der Waals surface area contributed by atoms with Crippen molar-refractivity contribution in [1.82, 2.24) is 4.90 Å². The normalized spacial score (nSPS) is 43.1. The Labute approximate surface area is 167 Å². The molecule has 0 spiro atoms. The number of ether oxygens (including phenoxy) is 3. The molecule has 8 heteroatoms. The van der Waals surface area contributed by atoms with Gasteiger partial charge in [-0.3, -0.25) is 0 Å². The molecule has 3 saturated heterocycles. The fourth-order valence-electron chi connectivity index (χ4n) is 6.53. The van der Waals surface area contributed by atoms with Crippen LogP contribution in [0.4, 0.5) is 13.2 Å². The summed E-state index contributed by atoms with van der Waals surface area (Å²) in [6.07, 6.45) is 3.11. The molecule has 3 heterocycles. The van der Waals surface area contributed by atoms with Crippen LogP contribution in [-0.2, 0) is 26.0 Å². The molecule has 1 unspecified atom stereocenters. The number of rotatable bonds is 1. The van der Waals surface area contributed by atoms with Crippen LogP contribution in [0.15, 0.2) is 24.3 Å². The number of likely N-dealkylation sites (tertiary alicyclic amines) is 1. The molecule has 29 heavy (non-hydrogen) atoms. The highest BCUT2D eigenvalue weighted by molar-refractivity contribution is 5.49. The van der Waals surface area contributed by atoms with Crippen LogP contribution in [0.5, 0.6) is 0 Å². The maximum atomic E-state index is 12.0. The Morgan fingerprint density at radius 2 is 1.79 bits per heavy atom. The van der Waals surface area contributed by atoms with E-state index >= 15 is 0 Å². The first-order valence-electron chi connectivity index (χ1n) is 10.2. The van der Waals surface area contributed by atoms with E-state index in [4.69, 9.17) is 14.2 Å². The average molecular weight is 413 g/mol. The maximum absolute atomic E-state index is 12.0. The van der Waals surface area contributed by atoms with E-state index in [1.54, 1.807) is 0 Å². The number of nitrogens with zero attached hydrogens (tertiary/aromatic N) is 1. The summed E-state index contributed by atoms with van der Waals surface area (Å²) in [5, 5.41) is 12.0. The van der Waals surface area contributed by atoms with Crippen molar-refractivity contribution >= 4 is 0 Å². The maximum Gasteiger partial charge on any atom is 0.379 e. The highest BCUT2D eigenvalue weighted by Crippen LogP contribution is 2.68. The quantitative estimate of drug-likeness (QED) is 0.717. The molecule has 1 N–H and O–H groups in total. The van der Waals surface area contributed by atoms with E-state index in [1.807, 2.05) is 0 Å². The minimum absolute atomic E-state index is 0.0144. The van der Waals surface area contributed by atoms with Gasteiger partial charge in [-0.2, -0.15) is 13.2 Å². The van der Waals surface area contributed by atoms with E-state index in [-0.39, 0.29) is 29.5 Å². The topological polar surface area (TPSA) is 54.5 Å². The lowest BCUT2D eigenvalue weighted by molar-refractivity contribution is -0.172. The number of epoxide rings is 1. The first-order chi connectivity index (χ1) is 13.8. The molecular weight excluding hydrogens is 387 g/mol. The second-order valence-corrected chi connectivity index (χ2v) is 8.78. The molecule has 3 aliphatic heterocycles. The van der Waals surface area contributed by atoms with Crippen LogP contribution in [0, 0.1) is 0 Å². The van der Waals surface area contributed by atoms with Gasteiger partial charge in [0.1, 0.15) is 11.7 Å². The highest BCUT2D eigenvalue weighted by Gasteiger charge is 2.81. The van der Waals surface area contributed by atoms with Crippen molar-refractivity contribution in [3.8, 4) is 0 Å². The van der Waals surface area contributed by atoms with E-state index in [0.717, 1.165) is 32.2 Å². The molecule has 160 valence electrons. The fraction of sp³-hybridized carbons (Fsp3) is 0.714. The van der Waals surface area contributed by atoms with Crippen molar-refractivity contribution in [2.24, 2.45) is 0 Å². The smallest absolute Gasteiger partial charge is 0.379 e. The second-order valence-electron chi connectivity index (χ2n) is 8.78. The van der Waals surface area contributed by atoms with Crippen molar-refractivity contribution in [3.63, 3.8) is 0 Å². The Hall–Kier alpha value is -1.19. The summed E-state index contributed by atoms with van der Waals surface area (Å²) in [7, 11) is 2.15. The summed E-state index contributed by atoms with van der Waals surface area (Å²) in [6, 6.07) is 8.82. The number of benzene rings is 1. The van der Waals surface area contributed by atoms with Gasteiger partial charge >= 0.3 is 6.68 Å². The van der Waals surface area contributed by atoms with E-state index < -0.39 is 12.3 Å². The van der Waals surface area contributed by atoms with E-state index in [1.165, 1.54) is 11.1 Å². The molecule has 6 rings (SSSR count). The van der Waals surface area contributed by atoms with Crippen LogP contribution in [0.25, 0.3) is 0 Å². The van der Waals surface area contributed by atoms with Crippen LogP contribution in [-0.4, -0.2) is 73.1 Å². The molecule has 1 aromatic carbocycles. The molecular formula is C21H26F3NO4. The number of piperidine rings is 1. The van der Waals surface area contributed by atoms with Crippen LogP contribution in [0.2, 0.25) is 0 Å². The van der Waals surface area contributed by atoms with Crippen molar-refractivity contribution in [2.75, 3.05) is 26.8 Å². The standard InChI is InChI=1S/C20H25NO4.CHF3/c1-21-9-8-18-14-5-3-2-4-13(14)12-15(21)20(18,22)7-6-19(16(18)25-19)17-23-10-11-24-17;2-1(3)4/h2-5,15-17,22H,6-12H2,1H3;1H/t15-,16-,18+,19?,20-;/m1./s1. The Balaban J connectivity index is 0.000000419. The zero-order chi connectivity index (χ0) is 20.4. The molecule has 1 aromatic rings. The molecule has 2 aliphatic carbocycles. The Morgan fingerprint density at radius 3 is 2.52 bits per heavy atom. The van der Waals surface area contributed by atoms with Crippen LogP contribution in [0.1, 0.15) is 30.4 Å². The first-order valence-corrected chi connectivity index (χ1v) is 10.2. The molecule has 5 aliphatic rings. The SMILES string of the molecule is CN1CC[C@@]23c4ccccc4C[C@@H]1[C@]2(O)CCC1(C2OCCO2)O[C@@H]13.FC(F)F. The molecule has 4 fully saturated rings. The minimum atomic E-state index is -3.67. The van der Waals surface area contributed by atoms with E-state index in [9.17, 15) is 18.3 Å². The number of aliphatic hydroxyl groups is 1. The Bertz CT molecular complexity index is 788. The second kappa shape index (κ2) is 6.65. The minimum Gasteiger partial charge on any atom is -0.387 e. The number of alkyl halides is 3. The van der Waals surface area contributed by atoms with Crippen molar-refractivity contribution < 1.29 is 32.5 Å². The molecule has 5 atom stereocenters. The van der Waals surface area contributed by atoms with Gasteiger partial charge in [0.2, 0.25) is 0 Å². The lowest BCUT2D eigenvalue weighted by Gasteiger charge is -2.63. The Kier molecular flexibility index (Phi) is 4.53. The van der Waals surface area contributed by atoms with Gasteiger partial charge in [0.05, 0.1) is 24.2 Å². The Morgan fingerprint density at radius 1 is 1.10 bits per heavy atom. The highest BCUT2D eigenvalue weighted by atomic mass is 19.4. The number of likely N-dealkylation sites (N-methyl/N-ethyl adjacent to an activating group) is 1. The lowest BCUT2D eigenvalue weighted by Crippen LogP contribution is -2.75. The molecule has 2 bridgehead atoms. The van der Waals surface area contributed by atoms with Crippen LogP contribution >= 0.6 is 0 Å². The third kappa shape index (κ3) is 2.59. The van der Waals surface area contributed by atoms with Gasteiger partial charge in [-0.05, 0) is 50.4 Å². The predicted octanol–water partition coefficient (Wildman–Crippen LogP) is 2.40. The number of hydrogen-bond donors (Lipinski definition) is 1. The first kappa shape index (κ1) is 19.8. The fourth-order valence-corrected chi connectivity index (χ4v) is 6.53. The van der Waals surface area contributed by atoms with Gasteiger partial charge in [-0.25, -0.2) is 0 Å². The summed E-state index contributed by atoms with van der Waals surface area (Å²) in [5.74, 6) is 0. The van der Waals surface area contributed by atoms with Crippen LogP contribution < -0.4 is 0 Å². The summed E-state index contributed by atoms with van der Waals surface area (Å²) in [5.41, 5.74) is 1.22. The zero-order valence-corrected chi connectivity index (χ0v) is 16.3. The summed E-state index contributed by atoms with van der Waals surface area (Å²) in [6.45, 7) is -1.40. The number of hydrogen-bond acceptors (Lipinski definition) is 5. The van der Waals surface area contributed by atoms with Gasteiger partial charge in [0.15, 0.2) is 6.29 Å². The van der Waals surface area contributed by atoms with Gasteiger partial charge in [-0.1, -0.05) is 24.3 Å². The van der Waals surface area contributed by atoms with E-state index in [0.29, 0.717) is 13.2 Å². The number of halogens is 3. The predicted molar refractivity (Wildman–Crippen MR) is 97.5 cm³/mol. The molecule has 0 aromatic heterocycles. The summed E-state index contributed by atoms with van der Waals surface area (Å²) < 4.78 is 47.1. The van der Waals surface area contributed by atoms with Crippen molar-refractivity contribution in [2.45, 2.75) is 67.4 Å². The average Bonchev–Trinajstić information content (AvgIpc) is 3.18. The third-order valence-electron chi connectivity index (χ3n) is 7.72. The summed E-state index contributed by atoms with van der Waals surface area (Å²) >= 11 is 0. The van der Waals surface area contributed by atoms with Crippen molar-refractivity contribution in [3.05, 3.63) is 35.4 Å². The number of fused-ring (bicyclic) bond motifs is 2. The molecule has 0 amide bonds. The van der Waals surface area contributed by atoms with Crippen LogP contribution in [0.3, 0.4) is 0 Å². The van der Waals surface area contributed by atoms with E-state index in [2.05, 4.69) is 36.2 Å². The largest absolute Gasteiger partial charge is 0.387 e. The van der Waals surface area contributed by atoms with Gasteiger partial charge in [-0.15, -0.1) is 0 Å². The monoisotopic (exact) mass is 413 g/mol. The summed E-state index contributed by atoms with van der Waals surface area (Å²) in [4.78, 5) is 2.35. The van der Waals surface area contributed by atoms with Gasteiger partial charge in [0, 0.05) is 6.04 Å². The van der Waals surface area contributed by atoms with Gasteiger partial charge in [0.25, 0.3) is 0 Å². The van der Waals surface area contributed by atoms with Crippen molar-refractivity contribution in [1.29, 1.82) is 0 Å². The lowest BCUT2D eigenvalue weighted by atomic mass is 9.48. The zero-order valence-electron chi connectivity index (χ0n) is 16.3. The molecule has 5 nitrogen and oxygen atoms in total. The third-order valence-corrected chi connectivity index (χ3v) is 7.72.